The smallest absolute Gasteiger partial charge is 0.194 e. The predicted octanol–water partition coefficient (Wildman–Crippen LogP) is 9.75. The Labute approximate surface area is 261 Å². The Morgan fingerprint density at radius 1 is 0.727 bits per heavy atom. The molecular weight excluding hydrogens is 562 g/mol. The minimum Gasteiger partial charge on any atom is -0.309 e. The first-order chi connectivity index (χ1) is 21.3. The van der Waals surface area contributed by atoms with E-state index in [9.17, 15) is 9.59 Å². The zero-order chi connectivity index (χ0) is 30.2. The first-order valence-corrected chi connectivity index (χ1v) is 15.5. The molecule has 1 heterocycles. The Morgan fingerprint density at radius 3 is 2.18 bits per heavy atom. The Bertz CT molecular complexity index is 2230. The van der Waals surface area contributed by atoms with Crippen LogP contribution in [0.1, 0.15) is 49.4 Å². The molecule has 1 aromatic heterocycles. The van der Waals surface area contributed by atoms with Crippen molar-refractivity contribution >= 4 is 44.6 Å². The molecule has 3 nitrogen and oxygen atoms in total. The molecule has 6 aromatic rings. The molecule has 1 unspecified atom stereocenters. The number of allylic oxidation sites excluding steroid dienone is 2. The van der Waals surface area contributed by atoms with E-state index in [0.29, 0.717) is 22.4 Å². The third-order valence-corrected chi connectivity index (χ3v) is 9.58. The van der Waals surface area contributed by atoms with Gasteiger partial charge in [-0.15, -0.1) is 0 Å². The molecule has 0 aliphatic heterocycles. The topological polar surface area (TPSA) is 39.1 Å². The van der Waals surface area contributed by atoms with E-state index < -0.39 is 5.92 Å². The summed E-state index contributed by atoms with van der Waals surface area (Å²) in [5.41, 5.74) is 8.08. The van der Waals surface area contributed by atoms with Gasteiger partial charge in [0, 0.05) is 39.6 Å². The normalized spacial score (nSPS) is 17.2. The molecular formula is C40H30ClNO2. The van der Waals surface area contributed by atoms with Crippen molar-refractivity contribution in [2.45, 2.75) is 32.6 Å². The number of aromatic nitrogens is 1. The lowest BCUT2D eigenvalue weighted by atomic mass is 9.72. The number of Topliss-reactive ketones (excluding diaryl/α,β-unsaturated/α-hetero) is 1. The number of carbonyl (C=O) groups excluding carboxylic acids is 1. The summed E-state index contributed by atoms with van der Waals surface area (Å²) in [5, 5.41) is 3.69. The Balaban J connectivity index is 1.41. The first-order valence-electron chi connectivity index (χ1n) is 15.1. The zero-order valence-corrected chi connectivity index (χ0v) is 25.4. The maximum Gasteiger partial charge on any atom is 0.194 e. The Morgan fingerprint density at radius 2 is 1.41 bits per heavy atom. The van der Waals surface area contributed by atoms with E-state index >= 15 is 0 Å². The SMILES string of the molecule is CC1(C)CC(=O)C2=C(C1)c1c(c(=O)c3ccccc3n1-c1ccc(-c3cccc4ccccc34)cc1)C2c1ccc(Cl)cc1. The van der Waals surface area contributed by atoms with Crippen LogP contribution in [0.5, 0.6) is 0 Å². The van der Waals surface area contributed by atoms with Crippen molar-refractivity contribution in [3.63, 3.8) is 0 Å². The molecule has 0 saturated heterocycles. The molecule has 0 N–H and O–H groups in total. The molecule has 4 heteroatoms. The molecule has 44 heavy (non-hydrogen) atoms. The summed E-state index contributed by atoms with van der Waals surface area (Å²) < 4.78 is 2.22. The lowest BCUT2D eigenvalue weighted by molar-refractivity contribution is -0.117. The number of fused-ring (bicyclic) bond motifs is 4. The van der Waals surface area contributed by atoms with Gasteiger partial charge in [0.25, 0.3) is 0 Å². The van der Waals surface area contributed by atoms with Gasteiger partial charge in [-0.3, -0.25) is 9.59 Å². The van der Waals surface area contributed by atoms with E-state index in [1.54, 1.807) is 0 Å². The van der Waals surface area contributed by atoms with Gasteiger partial charge in [-0.25, -0.2) is 0 Å². The van der Waals surface area contributed by atoms with Gasteiger partial charge in [0.15, 0.2) is 11.2 Å². The van der Waals surface area contributed by atoms with Crippen LogP contribution in [-0.4, -0.2) is 10.4 Å². The van der Waals surface area contributed by atoms with Gasteiger partial charge in [0.05, 0.1) is 11.2 Å². The van der Waals surface area contributed by atoms with Crippen molar-refractivity contribution in [3.8, 4) is 16.8 Å². The van der Waals surface area contributed by atoms with Crippen molar-refractivity contribution in [1.82, 2.24) is 4.57 Å². The fourth-order valence-corrected chi connectivity index (χ4v) is 7.59. The maximum atomic E-state index is 14.5. The van der Waals surface area contributed by atoms with Crippen LogP contribution in [0, 0.1) is 5.41 Å². The molecule has 0 fully saturated rings. The molecule has 2 aliphatic rings. The van der Waals surface area contributed by atoms with Crippen LogP contribution in [0.25, 0.3) is 44.1 Å². The van der Waals surface area contributed by atoms with E-state index in [0.717, 1.165) is 45.6 Å². The number of nitrogens with zero attached hydrogens (tertiary/aromatic N) is 1. The quantitative estimate of drug-likeness (QED) is 0.205. The highest BCUT2D eigenvalue weighted by Gasteiger charge is 2.45. The zero-order valence-electron chi connectivity index (χ0n) is 24.6. The molecule has 0 bridgehead atoms. The molecule has 0 saturated carbocycles. The van der Waals surface area contributed by atoms with Gasteiger partial charge in [-0.05, 0) is 81.3 Å². The van der Waals surface area contributed by atoms with Gasteiger partial charge < -0.3 is 4.57 Å². The summed E-state index contributed by atoms with van der Waals surface area (Å²) in [5.74, 6) is -0.312. The lowest BCUT2D eigenvalue weighted by Gasteiger charge is -2.31. The molecule has 0 radical (unpaired) electrons. The summed E-state index contributed by atoms with van der Waals surface area (Å²) in [6.07, 6.45) is 1.17. The van der Waals surface area contributed by atoms with Gasteiger partial charge in [-0.2, -0.15) is 0 Å². The van der Waals surface area contributed by atoms with Crippen molar-refractivity contribution in [2.24, 2.45) is 5.41 Å². The van der Waals surface area contributed by atoms with E-state index in [-0.39, 0.29) is 16.6 Å². The largest absolute Gasteiger partial charge is 0.309 e. The van der Waals surface area contributed by atoms with E-state index in [2.05, 4.69) is 85.1 Å². The second-order valence-electron chi connectivity index (χ2n) is 12.8. The molecule has 5 aromatic carbocycles. The lowest BCUT2D eigenvalue weighted by Crippen LogP contribution is -2.25. The van der Waals surface area contributed by atoms with Crippen LogP contribution < -0.4 is 5.43 Å². The molecule has 1 atom stereocenters. The minimum atomic E-state index is -0.431. The van der Waals surface area contributed by atoms with Gasteiger partial charge in [-0.1, -0.05) is 104 Å². The Kier molecular flexibility index (Phi) is 6.05. The summed E-state index contributed by atoms with van der Waals surface area (Å²) in [6.45, 7) is 4.29. The summed E-state index contributed by atoms with van der Waals surface area (Å²) in [4.78, 5) is 28.4. The van der Waals surface area contributed by atoms with Crippen LogP contribution in [0.4, 0.5) is 0 Å². The molecule has 0 spiro atoms. The monoisotopic (exact) mass is 591 g/mol. The van der Waals surface area contributed by atoms with Crippen LogP contribution in [0.15, 0.2) is 126 Å². The minimum absolute atomic E-state index is 0.0146. The van der Waals surface area contributed by atoms with Gasteiger partial charge in [0.1, 0.15) is 0 Å². The van der Waals surface area contributed by atoms with Crippen molar-refractivity contribution in [1.29, 1.82) is 0 Å². The number of hydrogen-bond donors (Lipinski definition) is 0. The standard InChI is InChI=1S/C40H30ClNO2/c1-40(2)22-32-36(34(43)23-40)35(26-14-18-27(41)19-15-26)37-38(32)42(33-13-6-5-11-31(33)39(37)44)28-20-16-25(17-21-28)30-12-7-9-24-8-3-4-10-29(24)30/h3-21,35H,22-23H2,1-2H3. The first kappa shape index (κ1) is 26.9. The third-order valence-electron chi connectivity index (χ3n) is 9.33. The van der Waals surface area contributed by atoms with Crippen molar-refractivity contribution in [2.75, 3.05) is 0 Å². The number of pyridine rings is 1. The number of benzene rings is 5. The number of rotatable bonds is 3. The number of para-hydroxylation sites is 1. The fourth-order valence-electron chi connectivity index (χ4n) is 7.47. The summed E-state index contributed by atoms with van der Waals surface area (Å²) >= 11 is 6.28. The second-order valence-corrected chi connectivity index (χ2v) is 13.3. The van der Waals surface area contributed by atoms with E-state index in [1.165, 1.54) is 16.3 Å². The molecule has 0 amide bonds. The third kappa shape index (κ3) is 4.11. The van der Waals surface area contributed by atoms with Crippen molar-refractivity contribution < 1.29 is 4.79 Å². The fraction of sp³-hybridized carbons (Fsp3) is 0.150. The molecule has 214 valence electrons. The Hall–Kier alpha value is -4.73. The average molecular weight is 592 g/mol. The van der Waals surface area contributed by atoms with E-state index in [4.69, 9.17) is 11.6 Å². The van der Waals surface area contributed by atoms with Crippen LogP contribution in [0.3, 0.4) is 0 Å². The van der Waals surface area contributed by atoms with Gasteiger partial charge >= 0.3 is 0 Å². The molecule has 2 aliphatic carbocycles. The summed E-state index contributed by atoms with van der Waals surface area (Å²) in [7, 11) is 0. The predicted molar refractivity (Wildman–Crippen MR) is 181 cm³/mol. The highest BCUT2D eigenvalue weighted by molar-refractivity contribution is 6.30. The number of ketones is 1. The second kappa shape index (κ2) is 9.90. The number of hydrogen-bond acceptors (Lipinski definition) is 2. The van der Waals surface area contributed by atoms with Crippen LogP contribution >= 0.6 is 11.6 Å². The maximum absolute atomic E-state index is 14.5. The van der Waals surface area contributed by atoms with Crippen LogP contribution in [-0.2, 0) is 4.79 Å². The highest BCUT2D eigenvalue weighted by Crippen LogP contribution is 2.54. The highest BCUT2D eigenvalue weighted by atomic mass is 35.5. The number of carbonyl (C=O) groups is 1. The van der Waals surface area contributed by atoms with Crippen LogP contribution in [0.2, 0.25) is 5.02 Å². The summed E-state index contributed by atoms with van der Waals surface area (Å²) in [6, 6.07) is 38.8. The molecule has 8 rings (SSSR count). The number of halogens is 1. The van der Waals surface area contributed by atoms with Crippen molar-refractivity contribution in [3.05, 3.63) is 153 Å². The average Bonchev–Trinajstić information content (AvgIpc) is 3.36. The van der Waals surface area contributed by atoms with Gasteiger partial charge in [0.2, 0.25) is 0 Å². The van der Waals surface area contributed by atoms with E-state index in [1.807, 2.05) is 48.5 Å².